The van der Waals surface area contributed by atoms with Crippen LogP contribution in [0.25, 0.3) is 0 Å². The molecule has 0 unspecified atom stereocenters. The zero-order valence-corrected chi connectivity index (χ0v) is 11.3. The first-order valence-electron chi connectivity index (χ1n) is 6.75. The summed E-state index contributed by atoms with van der Waals surface area (Å²) >= 11 is 0. The molecule has 2 aliphatic rings. The summed E-state index contributed by atoms with van der Waals surface area (Å²) in [5.74, 6) is 0.108. The molecule has 6 heteroatoms. The number of aromatic carboxylic acids is 1. The highest BCUT2D eigenvalue weighted by atomic mass is 16.4. The number of carbonyl (C=O) groups excluding carboxylic acids is 1. The van der Waals surface area contributed by atoms with Gasteiger partial charge in [-0.15, -0.1) is 0 Å². The largest absolute Gasteiger partial charge is 0.478 e. The Labute approximate surface area is 117 Å². The molecule has 6 nitrogen and oxygen atoms in total. The smallest absolute Gasteiger partial charge is 0.337 e. The van der Waals surface area contributed by atoms with Crippen LogP contribution in [0.15, 0.2) is 18.3 Å². The van der Waals surface area contributed by atoms with Crippen LogP contribution in [0.5, 0.6) is 0 Å². The van der Waals surface area contributed by atoms with Crippen molar-refractivity contribution in [2.24, 2.45) is 11.8 Å². The van der Waals surface area contributed by atoms with Crippen molar-refractivity contribution in [2.45, 2.75) is 6.42 Å². The van der Waals surface area contributed by atoms with Crippen molar-refractivity contribution in [3.63, 3.8) is 0 Å². The number of rotatable bonds is 2. The van der Waals surface area contributed by atoms with Crippen molar-refractivity contribution >= 4 is 17.7 Å². The molecular weight excluding hydrogens is 258 g/mol. The minimum Gasteiger partial charge on any atom is -0.478 e. The van der Waals surface area contributed by atoms with E-state index in [2.05, 4.69) is 16.9 Å². The second-order valence-corrected chi connectivity index (χ2v) is 5.58. The number of hydrogen-bond donors (Lipinski definition) is 1. The van der Waals surface area contributed by atoms with E-state index >= 15 is 0 Å². The number of nitrogens with zero attached hydrogens (tertiary/aromatic N) is 3. The summed E-state index contributed by atoms with van der Waals surface area (Å²) in [4.78, 5) is 31.3. The molecule has 106 valence electrons. The number of hydrogen-bond acceptors (Lipinski definition) is 4. The average Bonchev–Trinajstić information content (AvgIpc) is 2.75. The first-order chi connectivity index (χ1) is 9.56. The Morgan fingerprint density at radius 1 is 1.40 bits per heavy atom. The summed E-state index contributed by atoms with van der Waals surface area (Å²) in [5.41, 5.74) is 0.137. The summed E-state index contributed by atoms with van der Waals surface area (Å²) in [7, 11) is 2.07. The predicted octanol–water partition coefficient (Wildman–Crippen LogP) is 0.694. The normalized spacial score (nSPS) is 26.6. The van der Waals surface area contributed by atoms with E-state index in [-0.39, 0.29) is 17.4 Å². The molecular formula is C14H17N3O3. The molecule has 2 saturated heterocycles. The zero-order valence-electron chi connectivity index (χ0n) is 11.3. The first-order valence-corrected chi connectivity index (χ1v) is 6.75. The van der Waals surface area contributed by atoms with Crippen molar-refractivity contribution in [1.29, 1.82) is 0 Å². The fourth-order valence-electron chi connectivity index (χ4n) is 3.13. The van der Waals surface area contributed by atoms with E-state index in [0.29, 0.717) is 18.3 Å². The Bertz CT molecular complexity index is 543. The van der Waals surface area contributed by atoms with Gasteiger partial charge in [0.15, 0.2) is 0 Å². The Kier molecular flexibility index (Phi) is 3.17. The van der Waals surface area contributed by atoms with Gasteiger partial charge in [0.2, 0.25) is 5.91 Å². The maximum Gasteiger partial charge on any atom is 0.337 e. The molecule has 0 radical (unpaired) electrons. The number of carboxylic acid groups (broad SMARTS) is 1. The molecule has 0 bridgehead atoms. The van der Waals surface area contributed by atoms with Gasteiger partial charge in [0.25, 0.3) is 0 Å². The Morgan fingerprint density at radius 3 is 2.85 bits per heavy atom. The van der Waals surface area contributed by atoms with Crippen molar-refractivity contribution in [3.05, 3.63) is 23.9 Å². The van der Waals surface area contributed by atoms with Crippen LogP contribution in [-0.2, 0) is 4.79 Å². The average molecular weight is 275 g/mol. The van der Waals surface area contributed by atoms with E-state index in [9.17, 15) is 9.59 Å². The summed E-state index contributed by atoms with van der Waals surface area (Å²) in [6.45, 7) is 2.56. The molecule has 1 amide bonds. The molecule has 0 saturated carbocycles. The van der Waals surface area contributed by atoms with Crippen LogP contribution < -0.4 is 4.90 Å². The lowest BCUT2D eigenvalue weighted by atomic mass is 9.88. The number of amides is 1. The SMILES string of the molecule is CN1CC[C@@H]2C(=O)N(c3ccc(C(=O)O)cn3)C[C@@H]2C1. The van der Waals surface area contributed by atoms with Crippen molar-refractivity contribution in [3.8, 4) is 0 Å². The molecule has 1 aromatic rings. The van der Waals surface area contributed by atoms with Crippen molar-refractivity contribution < 1.29 is 14.7 Å². The molecule has 3 rings (SSSR count). The van der Waals surface area contributed by atoms with Gasteiger partial charge in [-0.1, -0.05) is 0 Å². The molecule has 1 N–H and O–H groups in total. The lowest BCUT2D eigenvalue weighted by Gasteiger charge is -2.29. The van der Waals surface area contributed by atoms with Crippen LogP contribution in [0.2, 0.25) is 0 Å². The van der Waals surface area contributed by atoms with E-state index in [1.807, 2.05) is 0 Å². The predicted molar refractivity (Wildman–Crippen MR) is 72.6 cm³/mol. The zero-order chi connectivity index (χ0) is 14.3. The van der Waals surface area contributed by atoms with Crippen LogP contribution in [0.4, 0.5) is 5.82 Å². The number of carbonyl (C=O) groups is 2. The standard InChI is InChI=1S/C14H17N3O3/c1-16-5-4-11-10(7-16)8-17(13(11)18)12-3-2-9(6-15-12)14(19)20/h2-3,6,10-11H,4-5,7-8H2,1H3,(H,19,20)/t10-,11-/m0/s1. The number of piperidine rings is 1. The number of anilines is 1. The van der Waals surface area contributed by atoms with E-state index in [0.717, 1.165) is 19.5 Å². The van der Waals surface area contributed by atoms with Gasteiger partial charge >= 0.3 is 5.97 Å². The van der Waals surface area contributed by atoms with Gasteiger partial charge in [-0.25, -0.2) is 9.78 Å². The lowest BCUT2D eigenvalue weighted by Crippen LogP contribution is -2.38. The highest BCUT2D eigenvalue weighted by Gasteiger charge is 2.43. The number of fused-ring (bicyclic) bond motifs is 1. The van der Waals surface area contributed by atoms with Gasteiger partial charge in [-0.3, -0.25) is 9.69 Å². The Hall–Kier alpha value is -1.95. The van der Waals surface area contributed by atoms with Crippen LogP contribution in [-0.4, -0.2) is 53.5 Å². The number of aromatic nitrogens is 1. The molecule has 0 aromatic carbocycles. The maximum atomic E-state index is 12.4. The topological polar surface area (TPSA) is 73.7 Å². The molecule has 2 fully saturated rings. The second kappa shape index (κ2) is 4.86. The maximum absolute atomic E-state index is 12.4. The van der Waals surface area contributed by atoms with E-state index in [1.54, 1.807) is 11.0 Å². The van der Waals surface area contributed by atoms with Crippen molar-refractivity contribution in [1.82, 2.24) is 9.88 Å². The van der Waals surface area contributed by atoms with Gasteiger partial charge in [-0.2, -0.15) is 0 Å². The summed E-state index contributed by atoms with van der Waals surface area (Å²) in [5, 5.41) is 8.86. The van der Waals surface area contributed by atoms with E-state index in [4.69, 9.17) is 5.11 Å². The third kappa shape index (κ3) is 2.16. The lowest BCUT2D eigenvalue weighted by molar-refractivity contribution is -0.122. The van der Waals surface area contributed by atoms with E-state index < -0.39 is 5.97 Å². The molecule has 0 aliphatic carbocycles. The second-order valence-electron chi connectivity index (χ2n) is 5.58. The molecule has 20 heavy (non-hydrogen) atoms. The number of carboxylic acids is 1. The monoisotopic (exact) mass is 275 g/mol. The highest BCUT2D eigenvalue weighted by Crippen LogP contribution is 2.33. The Balaban J connectivity index is 1.81. The Morgan fingerprint density at radius 2 is 2.20 bits per heavy atom. The van der Waals surface area contributed by atoms with Crippen LogP contribution >= 0.6 is 0 Å². The van der Waals surface area contributed by atoms with Gasteiger partial charge in [0, 0.05) is 31.1 Å². The van der Waals surface area contributed by atoms with Gasteiger partial charge in [0.05, 0.1) is 5.56 Å². The van der Waals surface area contributed by atoms with Gasteiger partial charge < -0.3 is 10.0 Å². The first kappa shape index (κ1) is 13.1. The third-order valence-corrected chi connectivity index (χ3v) is 4.21. The summed E-state index contributed by atoms with van der Waals surface area (Å²) in [6.07, 6.45) is 2.20. The van der Waals surface area contributed by atoms with E-state index in [1.165, 1.54) is 12.3 Å². The number of pyridine rings is 1. The minimum atomic E-state index is -1.01. The fraction of sp³-hybridized carbons (Fsp3) is 0.500. The molecule has 1 aromatic heterocycles. The van der Waals surface area contributed by atoms with Crippen molar-refractivity contribution in [2.75, 3.05) is 31.6 Å². The van der Waals surface area contributed by atoms with Gasteiger partial charge in [-0.05, 0) is 32.1 Å². The quantitative estimate of drug-likeness (QED) is 0.859. The number of likely N-dealkylation sites (tertiary alicyclic amines) is 1. The molecule has 0 spiro atoms. The highest BCUT2D eigenvalue weighted by molar-refractivity contribution is 5.97. The minimum absolute atomic E-state index is 0.0900. The van der Waals surface area contributed by atoms with Gasteiger partial charge in [0.1, 0.15) is 5.82 Å². The summed E-state index contributed by atoms with van der Waals surface area (Å²) < 4.78 is 0. The molecule has 2 aliphatic heterocycles. The third-order valence-electron chi connectivity index (χ3n) is 4.21. The molecule has 3 heterocycles. The van der Waals surface area contributed by atoms with Crippen LogP contribution in [0, 0.1) is 11.8 Å². The molecule has 2 atom stereocenters. The van der Waals surface area contributed by atoms with Crippen LogP contribution in [0.3, 0.4) is 0 Å². The fourth-order valence-corrected chi connectivity index (χ4v) is 3.13. The van der Waals surface area contributed by atoms with Crippen LogP contribution in [0.1, 0.15) is 16.8 Å². The summed E-state index contributed by atoms with van der Waals surface area (Å²) in [6, 6.07) is 3.11.